The fourth-order valence-corrected chi connectivity index (χ4v) is 3.01. The minimum absolute atomic E-state index is 0.121. The predicted octanol–water partition coefficient (Wildman–Crippen LogP) is 3.27. The zero-order chi connectivity index (χ0) is 16.4. The molecule has 1 heterocycles. The lowest BCUT2D eigenvalue weighted by Crippen LogP contribution is -2.12. The zero-order valence-corrected chi connectivity index (χ0v) is 13.3. The standard InChI is InChI=1S/C16H14N2O4S/c1-21-9-6-7-11(19)10(8-9)15(20)18-16-17-14-12(22-2)4-3-5-13(14)23-16/h3-8,19H,1-2H3,(H,17,18,20). The SMILES string of the molecule is COc1ccc(O)c(C(=O)Nc2nc3c(OC)cccc3s2)c1. The molecule has 2 aromatic carbocycles. The molecule has 0 bridgehead atoms. The molecule has 0 aliphatic heterocycles. The van der Waals surface area contributed by atoms with E-state index in [1.165, 1.54) is 30.6 Å². The monoisotopic (exact) mass is 330 g/mol. The molecule has 0 radical (unpaired) electrons. The molecular formula is C16H14N2O4S. The van der Waals surface area contributed by atoms with Gasteiger partial charge >= 0.3 is 0 Å². The molecule has 0 fully saturated rings. The van der Waals surface area contributed by atoms with Crippen LogP contribution in [0, 0.1) is 0 Å². The van der Waals surface area contributed by atoms with E-state index in [1.54, 1.807) is 13.2 Å². The van der Waals surface area contributed by atoms with Crippen LogP contribution in [0.1, 0.15) is 10.4 Å². The molecule has 0 aliphatic rings. The second kappa shape index (κ2) is 6.13. The summed E-state index contributed by atoms with van der Waals surface area (Å²) in [4.78, 5) is 16.7. The third-order valence-electron chi connectivity index (χ3n) is 3.27. The third-order valence-corrected chi connectivity index (χ3v) is 4.21. The molecule has 1 aromatic heterocycles. The van der Waals surface area contributed by atoms with Gasteiger partial charge in [-0.15, -0.1) is 0 Å². The number of nitrogens with one attached hydrogen (secondary N) is 1. The zero-order valence-electron chi connectivity index (χ0n) is 12.5. The number of methoxy groups -OCH3 is 2. The topological polar surface area (TPSA) is 80.7 Å². The van der Waals surface area contributed by atoms with E-state index in [0.717, 1.165) is 4.70 Å². The van der Waals surface area contributed by atoms with Crippen molar-refractivity contribution in [2.45, 2.75) is 0 Å². The second-order valence-electron chi connectivity index (χ2n) is 4.66. The van der Waals surface area contributed by atoms with Gasteiger partial charge in [0.25, 0.3) is 5.91 Å². The number of phenolic OH excluding ortho intramolecular Hbond substituents is 1. The lowest BCUT2D eigenvalue weighted by Gasteiger charge is -2.06. The number of fused-ring (bicyclic) bond motifs is 1. The highest BCUT2D eigenvalue weighted by Crippen LogP contribution is 2.32. The van der Waals surface area contributed by atoms with E-state index in [2.05, 4.69) is 10.3 Å². The van der Waals surface area contributed by atoms with Gasteiger partial charge in [0, 0.05) is 0 Å². The Kier molecular flexibility index (Phi) is 4.03. The fraction of sp³-hybridized carbons (Fsp3) is 0.125. The van der Waals surface area contributed by atoms with Crippen molar-refractivity contribution in [3.63, 3.8) is 0 Å². The van der Waals surface area contributed by atoms with E-state index in [1.807, 2.05) is 18.2 Å². The lowest BCUT2D eigenvalue weighted by atomic mass is 10.2. The van der Waals surface area contributed by atoms with Crippen molar-refractivity contribution >= 4 is 32.6 Å². The summed E-state index contributed by atoms with van der Waals surface area (Å²) in [7, 11) is 3.06. The molecule has 2 N–H and O–H groups in total. The summed E-state index contributed by atoms with van der Waals surface area (Å²) in [6, 6.07) is 10.0. The first-order valence-corrected chi connectivity index (χ1v) is 7.56. The van der Waals surface area contributed by atoms with E-state index < -0.39 is 5.91 Å². The van der Waals surface area contributed by atoms with Gasteiger partial charge < -0.3 is 14.6 Å². The van der Waals surface area contributed by atoms with Crippen LogP contribution in [0.25, 0.3) is 10.2 Å². The van der Waals surface area contributed by atoms with Gasteiger partial charge in [0.15, 0.2) is 5.13 Å². The Balaban J connectivity index is 1.91. The van der Waals surface area contributed by atoms with Crippen molar-refractivity contribution in [3.8, 4) is 17.2 Å². The van der Waals surface area contributed by atoms with E-state index in [9.17, 15) is 9.90 Å². The van der Waals surface area contributed by atoms with Crippen molar-refractivity contribution in [1.82, 2.24) is 4.98 Å². The van der Waals surface area contributed by atoms with Crippen LogP contribution in [0.15, 0.2) is 36.4 Å². The van der Waals surface area contributed by atoms with Gasteiger partial charge in [-0.05, 0) is 30.3 Å². The van der Waals surface area contributed by atoms with Gasteiger partial charge in [-0.1, -0.05) is 17.4 Å². The number of ether oxygens (including phenoxy) is 2. The Hall–Kier alpha value is -2.80. The minimum Gasteiger partial charge on any atom is -0.507 e. The molecule has 1 amide bonds. The average Bonchev–Trinajstić information content (AvgIpc) is 2.97. The van der Waals surface area contributed by atoms with Crippen LogP contribution in [0.4, 0.5) is 5.13 Å². The van der Waals surface area contributed by atoms with E-state index in [4.69, 9.17) is 9.47 Å². The Labute approximate surface area is 136 Å². The molecule has 7 heteroatoms. The van der Waals surface area contributed by atoms with Gasteiger partial charge in [-0.3, -0.25) is 10.1 Å². The summed E-state index contributed by atoms with van der Waals surface area (Å²) < 4.78 is 11.2. The Morgan fingerprint density at radius 3 is 2.78 bits per heavy atom. The number of para-hydroxylation sites is 1. The van der Waals surface area contributed by atoms with E-state index >= 15 is 0 Å². The number of phenols is 1. The Bertz CT molecular complexity index is 876. The summed E-state index contributed by atoms with van der Waals surface area (Å²) in [5.74, 6) is 0.545. The summed E-state index contributed by atoms with van der Waals surface area (Å²) in [5.41, 5.74) is 0.806. The lowest BCUT2D eigenvalue weighted by molar-refractivity contribution is 0.102. The Morgan fingerprint density at radius 2 is 2.04 bits per heavy atom. The van der Waals surface area contributed by atoms with Crippen LogP contribution >= 0.6 is 11.3 Å². The molecule has 0 saturated heterocycles. The van der Waals surface area contributed by atoms with Crippen LogP contribution in [-0.2, 0) is 0 Å². The number of hydrogen-bond acceptors (Lipinski definition) is 6. The van der Waals surface area contributed by atoms with Gasteiger partial charge in [-0.25, -0.2) is 4.98 Å². The normalized spacial score (nSPS) is 10.5. The summed E-state index contributed by atoms with van der Waals surface area (Å²) in [6.45, 7) is 0. The van der Waals surface area contributed by atoms with Crippen molar-refractivity contribution in [1.29, 1.82) is 0 Å². The maximum Gasteiger partial charge on any atom is 0.261 e. The molecule has 6 nitrogen and oxygen atoms in total. The average molecular weight is 330 g/mol. The number of aromatic nitrogens is 1. The highest BCUT2D eigenvalue weighted by atomic mass is 32.1. The molecule has 0 aliphatic carbocycles. The van der Waals surface area contributed by atoms with Crippen molar-refractivity contribution in [2.75, 3.05) is 19.5 Å². The van der Waals surface area contributed by atoms with Crippen LogP contribution < -0.4 is 14.8 Å². The van der Waals surface area contributed by atoms with Crippen LogP contribution in [0.3, 0.4) is 0 Å². The van der Waals surface area contributed by atoms with E-state index in [-0.39, 0.29) is 11.3 Å². The van der Waals surface area contributed by atoms with Gasteiger partial charge in [-0.2, -0.15) is 0 Å². The first kappa shape index (κ1) is 15.1. The maximum absolute atomic E-state index is 12.3. The summed E-state index contributed by atoms with van der Waals surface area (Å²) in [6.07, 6.45) is 0. The number of carbonyl (C=O) groups excluding carboxylic acids is 1. The Morgan fingerprint density at radius 1 is 1.22 bits per heavy atom. The molecule has 0 saturated carbocycles. The molecule has 118 valence electrons. The van der Waals surface area contributed by atoms with Crippen molar-refractivity contribution in [2.24, 2.45) is 0 Å². The number of carbonyl (C=O) groups is 1. The first-order chi connectivity index (χ1) is 11.1. The van der Waals surface area contributed by atoms with Gasteiger partial charge in [0.2, 0.25) is 0 Å². The van der Waals surface area contributed by atoms with E-state index in [0.29, 0.717) is 22.1 Å². The molecule has 3 aromatic rings. The van der Waals surface area contributed by atoms with Crippen LogP contribution in [-0.4, -0.2) is 30.2 Å². The quantitative estimate of drug-likeness (QED) is 0.767. The first-order valence-electron chi connectivity index (χ1n) is 6.74. The number of rotatable bonds is 4. The number of hydrogen-bond donors (Lipinski definition) is 2. The molecular weight excluding hydrogens is 316 g/mol. The summed E-state index contributed by atoms with van der Waals surface area (Å²) in [5, 5.41) is 13.0. The van der Waals surface area contributed by atoms with Crippen molar-refractivity contribution in [3.05, 3.63) is 42.0 Å². The molecule has 0 unspecified atom stereocenters. The number of nitrogens with zero attached hydrogens (tertiary/aromatic N) is 1. The molecule has 0 atom stereocenters. The summed E-state index contributed by atoms with van der Waals surface area (Å²) >= 11 is 1.33. The van der Waals surface area contributed by atoms with Gasteiger partial charge in [0.1, 0.15) is 22.8 Å². The van der Waals surface area contributed by atoms with Crippen LogP contribution in [0.2, 0.25) is 0 Å². The molecule has 3 rings (SSSR count). The number of aromatic hydroxyl groups is 1. The number of benzene rings is 2. The molecule has 0 spiro atoms. The number of amides is 1. The smallest absolute Gasteiger partial charge is 0.261 e. The highest BCUT2D eigenvalue weighted by Gasteiger charge is 2.15. The number of thiazole rings is 1. The third kappa shape index (κ3) is 2.91. The fourth-order valence-electron chi connectivity index (χ4n) is 2.13. The predicted molar refractivity (Wildman–Crippen MR) is 88.8 cm³/mol. The molecule has 23 heavy (non-hydrogen) atoms. The van der Waals surface area contributed by atoms with Gasteiger partial charge in [0.05, 0.1) is 24.5 Å². The largest absolute Gasteiger partial charge is 0.507 e. The minimum atomic E-state index is -0.459. The number of anilines is 1. The van der Waals surface area contributed by atoms with Crippen molar-refractivity contribution < 1.29 is 19.4 Å². The van der Waals surface area contributed by atoms with Crippen LogP contribution in [0.5, 0.6) is 17.2 Å². The maximum atomic E-state index is 12.3. The second-order valence-corrected chi connectivity index (χ2v) is 5.69. The highest BCUT2D eigenvalue weighted by molar-refractivity contribution is 7.22.